The highest BCUT2D eigenvalue weighted by molar-refractivity contribution is 5.94. The summed E-state index contributed by atoms with van der Waals surface area (Å²) in [5, 5.41) is 15.8. The Balaban J connectivity index is 1.38. The van der Waals surface area contributed by atoms with E-state index >= 15 is 0 Å². The van der Waals surface area contributed by atoms with Crippen molar-refractivity contribution in [2.75, 3.05) is 19.6 Å². The second-order valence-electron chi connectivity index (χ2n) is 10.5. The molecule has 0 spiro atoms. The summed E-state index contributed by atoms with van der Waals surface area (Å²) in [6, 6.07) is 7.05. The largest absolute Gasteiger partial charge is 0.506 e. The second-order valence-corrected chi connectivity index (χ2v) is 10.5. The highest BCUT2D eigenvalue weighted by Crippen LogP contribution is 2.41. The third-order valence-corrected chi connectivity index (χ3v) is 8.26. The van der Waals surface area contributed by atoms with Gasteiger partial charge in [0.2, 0.25) is 5.91 Å². The van der Waals surface area contributed by atoms with Gasteiger partial charge in [0.1, 0.15) is 17.1 Å². The fourth-order valence-electron chi connectivity index (χ4n) is 5.93. The summed E-state index contributed by atoms with van der Waals surface area (Å²) in [6.45, 7) is 4.38. The second kappa shape index (κ2) is 9.79. The number of aromatic nitrogens is 3. The SMILES string of the molecule is C=CC(=O)N1CCc2nn(-c3ccc(C4CCC4)cc3O)c3c2C(C1)N(C(=O)c1ccc(C(F)(F)F)nc1)CC3. The number of rotatable bonds is 4. The molecule has 3 aromatic rings. The molecule has 0 saturated heterocycles. The maximum atomic E-state index is 13.6. The first-order valence-corrected chi connectivity index (χ1v) is 13.3. The van der Waals surface area contributed by atoms with Crippen molar-refractivity contribution in [2.24, 2.45) is 0 Å². The molecule has 6 rings (SSSR count). The predicted octanol–water partition coefficient (Wildman–Crippen LogP) is 4.57. The molecular formula is C29H28F3N5O3. The minimum atomic E-state index is -4.61. The van der Waals surface area contributed by atoms with Crippen LogP contribution < -0.4 is 0 Å². The number of phenolic OH excluding ortho intramolecular Hbond substituents is 1. The van der Waals surface area contributed by atoms with Crippen molar-refractivity contribution in [2.45, 2.75) is 50.2 Å². The van der Waals surface area contributed by atoms with Crippen molar-refractivity contribution in [3.05, 3.63) is 83.0 Å². The number of nitrogens with zero attached hydrogens (tertiary/aromatic N) is 5. The zero-order valence-electron chi connectivity index (χ0n) is 21.7. The van der Waals surface area contributed by atoms with E-state index in [1.165, 1.54) is 12.5 Å². The molecule has 2 aromatic heterocycles. The summed E-state index contributed by atoms with van der Waals surface area (Å²) in [5.74, 6) is -0.161. The molecule has 1 saturated carbocycles. The van der Waals surface area contributed by atoms with E-state index in [1.54, 1.807) is 20.5 Å². The van der Waals surface area contributed by atoms with Crippen LogP contribution >= 0.6 is 0 Å². The van der Waals surface area contributed by atoms with Crippen LogP contribution in [0.15, 0.2) is 49.2 Å². The van der Waals surface area contributed by atoms with Gasteiger partial charge in [-0.05, 0) is 54.7 Å². The number of halogens is 3. The molecule has 1 aliphatic carbocycles. The van der Waals surface area contributed by atoms with E-state index in [4.69, 9.17) is 5.10 Å². The molecule has 1 unspecified atom stereocenters. The Kier molecular flexibility index (Phi) is 6.39. The fraction of sp³-hybridized carbons (Fsp3) is 0.379. The molecule has 8 nitrogen and oxygen atoms in total. The smallest absolute Gasteiger partial charge is 0.433 e. The maximum Gasteiger partial charge on any atom is 0.433 e. The van der Waals surface area contributed by atoms with Crippen LogP contribution in [0.4, 0.5) is 13.2 Å². The standard InChI is InChI=1S/C29H28F3N5O3/c1-2-26(39)35-12-10-20-27-22(37(34-20)21-8-6-18(14-24(21)38)17-4-3-5-17)11-13-36(23(27)16-35)28(40)19-7-9-25(33-15-19)29(30,31)32/h2,6-9,14-15,17,23,38H,1,3-5,10-13,16H2. The van der Waals surface area contributed by atoms with Crippen LogP contribution in [0.1, 0.15) is 69.8 Å². The normalized spacial score (nSPS) is 19.0. The van der Waals surface area contributed by atoms with Gasteiger partial charge in [-0.1, -0.05) is 19.1 Å². The highest BCUT2D eigenvalue weighted by Gasteiger charge is 2.41. The van der Waals surface area contributed by atoms with Gasteiger partial charge in [-0.3, -0.25) is 14.6 Å². The summed E-state index contributed by atoms with van der Waals surface area (Å²) in [5.41, 5.74) is 2.97. The van der Waals surface area contributed by atoms with E-state index in [0.717, 1.165) is 48.0 Å². The number of hydrogen-bond donors (Lipinski definition) is 1. The molecule has 1 aromatic carbocycles. The Morgan fingerprint density at radius 1 is 1.10 bits per heavy atom. The zero-order chi connectivity index (χ0) is 28.2. The van der Waals surface area contributed by atoms with Crippen LogP contribution in [-0.4, -0.2) is 61.1 Å². The molecule has 208 valence electrons. The van der Waals surface area contributed by atoms with Crippen LogP contribution in [0.3, 0.4) is 0 Å². The number of carbonyl (C=O) groups is 2. The lowest BCUT2D eigenvalue weighted by Gasteiger charge is -2.37. The van der Waals surface area contributed by atoms with E-state index in [0.29, 0.717) is 36.7 Å². The van der Waals surface area contributed by atoms with Crippen LogP contribution in [0.25, 0.3) is 5.69 Å². The molecule has 3 aliphatic rings. The molecule has 2 aliphatic heterocycles. The quantitative estimate of drug-likeness (QED) is 0.480. The first-order valence-electron chi connectivity index (χ1n) is 13.3. The molecule has 1 fully saturated rings. The first kappa shape index (κ1) is 26.1. The number of benzene rings is 1. The lowest BCUT2D eigenvalue weighted by Crippen LogP contribution is -2.45. The number of alkyl halides is 3. The van der Waals surface area contributed by atoms with Gasteiger partial charge < -0.3 is 14.9 Å². The number of hydrogen-bond acceptors (Lipinski definition) is 5. The third kappa shape index (κ3) is 4.43. The van der Waals surface area contributed by atoms with Gasteiger partial charge in [0.25, 0.3) is 5.91 Å². The molecule has 40 heavy (non-hydrogen) atoms. The fourth-order valence-corrected chi connectivity index (χ4v) is 5.93. The van der Waals surface area contributed by atoms with E-state index in [-0.39, 0.29) is 30.3 Å². The van der Waals surface area contributed by atoms with E-state index in [9.17, 15) is 27.9 Å². The number of carbonyl (C=O) groups excluding carboxylic acids is 2. The average Bonchev–Trinajstić information content (AvgIpc) is 3.16. The van der Waals surface area contributed by atoms with Crippen molar-refractivity contribution in [1.29, 1.82) is 0 Å². The predicted molar refractivity (Wildman–Crippen MR) is 139 cm³/mol. The summed E-state index contributed by atoms with van der Waals surface area (Å²) in [6.07, 6.45) is 1.82. The summed E-state index contributed by atoms with van der Waals surface area (Å²) in [7, 11) is 0. The van der Waals surface area contributed by atoms with Gasteiger partial charge in [-0.25, -0.2) is 4.68 Å². The van der Waals surface area contributed by atoms with Crippen LogP contribution in [0.2, 0.25) is 0 Å². The molecule has 4 heterocycles. The highest BCUT2D eigenvalue weighted by atomic mass is 19.4. The third-order valence-electron chi connectivity index (χ3n) is 8.26. The van der Waals surface area contributed by atoms with Crippen molar-refractivity contribution in [3.63, 3.8) is 0 Å². The molecular weight excluding hydrogens is 523 g/mol. The molecule has 1 atom stereocenters. The molecule has 2 amide bonds. The van der Waals surface area contributed by atoms with Gasteiger partial charge in [0.15, 0.2) is 0 Å². The topological polar surface area (TPSA) is 91.6 Å². The zero-order valence-corrected chi connectivity index (χ0v) is 21.7. The van der Waals surface area contributed by atoms with Crippen LogP contribution in [0.5, 0.6) is 5.75 Å². The number of amides is 2. The van der Waals surface area contributed by atoms with Crippen LogP contribution in [-0.2, 0) is 23.8 Å². The first-order chi connectivity index (χ1) is 19.2. The van der Waals surface area contributed by atoms with Gasteiger partial charge in [0.05, 0.1) is 23.0 Å². The van der Waals surface area contributed by atoms with Gasteiger partial charge >= 0.3 is 6.18 Å². The molecule has 1 N–H and O–H groups in total. The maximum absolute atomic E-state index is 13.6. The molecule has 11 heteroatoms. The van der Waals surface area contributed by atoms with Gasteiger partial charge in [-0.15, -0.1) is 0 Å². The van der Waals surface area contributed by atoms with Crippen molar-refractivity contribution >= 4 is 11.8 Å². The van der Waals surface area contributed by atoms with E-state index in [2.05, 4.69) is 11.6 Å². The van der Waals surface area contributed by atoms with Crippen molar-refractivity contribution < 1.29 is 27.9 Å². The summed E-state index contributed by atoms with van der Waals surface area (Å²) < 4.78 is 40.8. The Morgan fingerprint density at radius 3 is 2.52 bits per heavy atom. The Labute approximate surface area is 228 Å². The number of phenols is 1. The lowest BCUT2D eigenvalue weighted by molar-refractivity contribution is -0.141. The monoisotopic (exact) mass is 551 g/mol. The average molecular weight is 552 g/mol. The van der Waals surface area contributed by atoms with Crippen molar-refractivity contribution in [3.8, 4) is 11.4 Å². The van der Waals surface area contributed by atoms with E-state index < -0.39 is 23.8 Å². The summed E-state index contributed by atoms with van der Waals surface area (Å²) in [4.78, 5) is 32.9. The minimum absolute atomic E-state index is 0.0282. The Morgan fingerprint density at radius 2 is 1.90 bits per heavy atom. The molecule has 0 bridgehead atoms. The minimum Gasteiger partial charge on any atom is -0.506 e. The number of aromatic hydroxyl groups is 1. The Bertz CT molecular complexity index is 1490. The van der Waals surface area contributed by atoms with Crippen molar-refractivity contribution in [1.82, 2.24) is 24.6 Å². The van der Waals surface area contributed by atoms with Gasteiger partial charge in [0, 0.05) is 44.2 Å². The summed E-state index contributed by atoms with van der Waals surface area (Å²) >= 11 is 0. The lowest BCUT2D eigenvalue weighted by atomic mass is 9.80. The Hall–Kier alpha value is -4.15. The molecule has 0 radical (unpaired) electrons. The van der Waals surface area contributed by atoms with E-state index in [1.807, 2.05) is 12.1 Å². The van der Waals surface area contributed by atoms with Crippen LogP contribution in [0, 0.1) is 0 Å². The number of pyridine rings is 1. The van der Waals surface area contributed by atoms with Gasteiger partial charge in [-0.2, -0.15) is 18.3 Å².